The summed E-state index contributed by atoms with van der Waals surface area (Å²) in [6.45, 7) is -1.56. The van der Waals surface area contributed by atoms with E-state index >= 15 is 0 Å². The van der Waals surface area contributed by atoms with Gasteiger partial charge in [0.1, 0.15) is 19.6 Å². The van der Waals surface area contributed by atoms with Crippen LogP contribution in [0.3, 0.4) is 0 Å². The third-order valence-corrected chi connectivity index (χ3v) is 16.1. The molecule has 2 aliphatic rings. The summed E-state index contributed by atoms with van der Waals surface area (Å²) in [5.41, 5.74) is 2.08. The molecule has 7 aromatic carbocycles. The third-order valence-electron chi connectivity index (χ3n) is 12.6. The Kier molecular flexibility index (Phi) is 5.89. The van der Waals surface area contributed by atoms with E-state index in [2.05, 4.69) is 84.2 Å². The van der Waals surface area contributed by atoms with Crippen LogP contribution in [0.15, 0.2) is 170 Å². The maximum atomic E-state index is 9.18. The first-order chi connectivity index (χ1) is 31.3. The van der Waals surface area contributed by atoms with Crippen LogP contribution in [-0.2, 0) is 5.41 Å². The summed E-state index contributed by atoms with van der Waals surface area (Å²) >= 11 is 0. The zero-order chi connectivity index (χ0) is 44.6. The molecule has 0 fully saturated rings. The molecule has 59 heavy (non-hydrogen) atoms. The highest BCUT2D eigenvalue weighted by Gasteiger charge is 2.39. The zero-order valence-electron chi connectivity index (χ0n) is 38.4. The predicted octanol–water partition coefficient (Wildman–Crippen LogP) is 10.5. The second-order valence-corrected chi connectivity index (χ2v) is 20.5. The van der Waals surface area contributed by atoms with Crippen LogP contribution in [0.25, 0.3) is 33.5 Å². The van der Waals surface area contributed by atoms with E-state index in [4.69, 9.17) is 14.7 Å². The van der Waals surface area contributed by atoms with Gasteiger partial charge in [0.15, 0.2) is 0 Å². The van der Waals surface area contributed by atoms with Gasteiger partial charge in [-0.15, -0.1) is 0 Å². The second kappa shape index (κ2) is 12.2. The summed E-state index contributed by atoms with van der Waals surface area (Å²) in [6.07, 6.45) is 1.84. The van der Waals surface area contributed by atoms with Gasteiger partial charge in [-0.2, -0.15) is 0 Å². The molecule has 10 aromatic rings. The first kappa shape index (κ1) is 28.4. The van der Waals surface area contributed by atoms with Crippen molar-refractivity contribution in [3.8, 4) is 17.2 Å². The van der Waals surface area contributed by atoms with E-state index in [1.807, 2.05) is 77.5 Å². The number of hydrogen-bond acceptors (Lipinski definition) is 3. The normalized spacial score (nSPS) is 18.1. The fourth-order valence-electron chi connectivity index (χ4n) is 9.60. The van der Waals surface area contributed by atoms with Crippen LogP contribution in [0.2, 0.25) is 13.1 Å². The van der Waals surface area contributed by atoms with Gasteiger partial charge in [0.25, 0.3) is 0 Å². The van der Waals surface area contributed by atoms with E-state index in [1.165, 1.54) is 0 Å². The van der Waals surface area contributed by atoms with E-state index in [9.17, 15) is 8.22 Å². The third kappa shape index (κ3) is 4.78. The average Bonchev–Trinajstić information content (AvgIpc) is 3.83. The van der Waals surface area contributed by atoms with Gasteiger partial charge >= 0.3 is 0 Å². The van der Waals surface area contributed by atoms with Crippen LogP contribution in [0, 0.1) is 41.9 Å². The Balaban J connectivity index is 1.13. The molecule has 0 N–H and O–H groups in total. The molecule has 3 aromatic heterocycles. The van der Waals surface area contributed by atoms with Crippen LogP contribution in [0.1, 0.15) is 33.1 Å². The molecular formula is C53H40N4OSi. The highest BCUT2D eigenvalue weighted by atomic mass is 28.3. The quantitative estimate of drug-likeness (QED) is 0.168. The number of ether oxygens (including phenoxy) is 1. The Bertz CT molecular complexity index is 4070. The van der Waals surface area contributed by atoms with E-state index in [0.717, 1.165) is 74.3 Å². The number of pyridine rings is 1. The fraction of sp³-hybridized carbons (Fsp3) is 0.0943. The van der Waals surface area contributed by atoms with Crippen LogP contribution in [0.4, 0.5) is 0 Å². The molecule has 1 aliphatic carbocycles. The number of aromatic nitrogens is 4. The summed E-state index contributed by atoms with van der Waals surface area (Å²) in [4.78, 5) is 9.95. The Morgan fingerprint density at radius 3 is 2.07 bits per heavy atom. The average molecular weight is 783 g/mol. The van der Waals surface area contributed by atoms with Gasteiger partial charge < -0.3 is 4.74 Å². The first-order valence-corrected chi connectivity index (χ1v) is 22.9. The lowest BCUT2D eigenvalue weighted by Gasteiger charge is -2.38. The summed E-state index contributed by atoms with van der Waals surface area (Å²) < 4.78 is 66.3. The first-order valence-electron chi connectivity index (χ1n) is 22.9. The monoisotopic (exact) mass is 782 g/mol. The van der Waals surface area contributed by atoms with Gasteiger partial charge in [-0.1, -0.05) is 153 Å². The maximum absolute atomic E-state index is 9.18. The largest absolute Gasteiger partial charge is 0.457 e. The summed E-state index contributed by atoms with van der Waals surface area (Å²) in [6, 6.07) is 54.2. The summed E-state index contributed by atoms with van der Waals surface area (Å²) in [5, 5.41) is 10.3. The van der Waals surface area contributed by atoms with Crippen molar-refractivity contribution in [1.82, 2.24) is 18.9 Å². The van der Waals surface area contributed by atoms with E-state index in [1.54, 1.807) is 30.3 Å². The standard InChI is InChI=1S/C53H40N4OSi/c1-53(2)42-29-26-33(56-46-23-11-12-24-47(46)57-45-22-10-9-21-44(45)55-52(56)57)31-48(42)58-51-43(53)20-13-25-49(51)59(3,4)34-27-28-38-36-16-7-8-18-39(36)50-40(19-14-30-54-50)35-15-5-6-17-37(35)41(38)32-34/h5-32H,1-4H3/b38-36-,40-35-,41-37-,50-39+/i1D3,2D3. The molecule has 12 rings (SSSR count). The van der Waals surface area contributed by atoms with E-state index < -0.39 is 27.2 Å². The van der Waals surface area contributed by atoms with Crippen LogP contribution < -0.4 is 15.1 Å². The molecule has 0 amide bonds. The van der Waals surface area contributed by atoms with Crippen LogP contribution >= 0.6 is 0 Å². The Morgan fingerprint density at radius 2 is 1.25 bits per heavy atom. The second-order valence-electron chi connectivity index (χ2n) is 16.2. The predicted molar refractivity (Wildman–Crippen MR) is 239 cm³/mol. The van der Waals surface area contributed by atoms with Crippen LogP contribution in [-0.4, -0.2) is 27.0 Å². The lowest BCUT2D eigenvalue weighted by molar-refractivity contribution is 0.421. The van der Waals surface area contributed by atoms with Crippen molar-refractivity contribution in [2.45, 2.75) is 32.2 Å². The number of nitrogens with zero attached hydrogens (tertiary/aromatic N) is 4. The van der Waals surface area contributed by atoms with Crippen LogP contribution in [0.5, 0.6) is 11.5 Å². The Labute approximate surface area is 349 Å². The molecule has 1 aliphatic heterocycles. The minimum atomic E-state index is -3.00. The molecule has 4 heterocycles. The highest BCUT2D eigenvalue weighted by Crippen LogP contribution is 2.48. The van der Waals surface area contributed by atoms with Crippen molar-refractivity contribution >= 4 is 46.3 Å². The highest BCUT2D eigenvalue weighted by molar-refractivity contribution is 7.01. The number of fused-ring (bicyclic) bond motifs is 11. The summed E-state index contributed by atoms with van der Waals surface area (Å²) in [5.74, 6) is 1.13. The fourth-order valence-corrected chi connectivity index (χ4v) is 12.2. The van der Waals surface area contributed by atoms with E-state index in [-0.39, 0.29) is 22.6 Å². The lowest BCUT2D eigenvalue weighted by Crippen LogP contribution is -2.54. The minimum absolute atomic E-state index is 0.0949. The molecule has 6 heteroatoms. The maximum Gasteiger partial charge on any atom is 0.220 e. The molecule has 0 atom stereocenters. The van der Waals surface area contributed by atoms with Crippen molar-refractivity contribution in [1.29, 1.82) is 0 Å². The van der Waals surface area contributed by atoms with Crippen molar-refractivity contribution in [3.63, 3.8) is 0 Å². The SMILES string of the molecule is [2H]C([2H])([2H])C1(C([2H])([2H])[2H])c2ccc(-n3c4ccccc4n4c5ccccc5nc34)cc2Oc2c1cccc2[Si](C)(C)c1ccc2/c(c1)=c1/cccc/c1=c1\cccn\c1=c1/cccc/c1=2. The molecule has 0 unspecified atom stereocenters. The Hall–Kier alpha value is -7.02. The van der Waals surface area contributed by atoms with Gasteiger partial charge in [0, 0.05) is 47.5 Å². The molecule has 5 nitrogen and oxygen atoms in total. The van der Waals surface area contributed by atoms with Gasteiger partial charge in [0.2, 0.25) is 5.78 Å². The number of para-hydroxylation sites is 5. The number of imidazole rings is 2. The van der Waals surface area contributed by atoms with Gasteiger partial charge in [-0.05, 0) is 67.7 Å². The topological polar surface area (TPSA) is 44.4 Å². The smallest absolute Gasteiger partial charge is 0.220 e. The molecule has 0 saturated heterocycles. The van der Waals surface area contributed by atoms with Crippen molar-refractivity contribution in [2.24, 2.45) is 0 Å². The zero-order valence-corrected chi connectivity index (χ0v) is 33.4. The van der Waals surface area contributed by atoms with Crippen molar-refractivity contribution in [3.05, 3.63) is 223 Å². The number of rotatable bonds is 3. The van der Waals surface area contributed by atoms with Crippen molar-refractivity contribution in [2.75, 3.05) is 0 Å². The molecule has 0 radical (unpaired) electrons. The molecular weight excluding hydrogens is 737 g/mol. The molecule has 282 valence electrons. The number of hydrogen-bond donors (Lipinski definition) is 0. The molecule has 0 saturated carbocycles. The minimum Gasteiger partial charge on any atom is -0.457 e. The summed E-state index contributed by atoms with van der Waals surface area (Å²) in [7, 11) is -2.89. The van der Waals surface area contributed by atoms with Crippen molar-refractivity contribution < 1.29 is 13.0 Å². The Morgan fingerprint density at radius 1 is 0.576 bits per heavy atom. The van der Waals surface area contributed by atoms with Gasteiger partial charge in [-0.25, -0.2) is 4.98 Å². The van der Waals surface area contributed by atoms with Gasteiger partial charge in [0.05, 0.1) is 33.1 Å². The van der Waals surface area contributed by atoms with E-state index in [0.29, 0.717) is 11.5 Å². The lowest BCUT2D eigenvalue weighted by atomic mass is 9.76. The molecule has 0 bridgehead atoms. The number of benzene rings is 7. The van der Waals surface area contributed by atoms with Gasteiger partial charge in [-0.3, -0.25) is 14.0 Å². The molecule has 0 spiro atoms.